The lowest BCUT2D eigenvalue weighted by Crippen LogP contribution is -2.44. The maximum absolute atomic E-state index is 12.2. The van der Waals surface area contributed by atoms with Gasteiger partial charge in [-0.3, -0.25) is 10.1 Å². The molecule has 15 heteroatoms. The number of carbonyl (C=O) groups is 2. The van der Waals surface area contributed by atoms with Gasteiger partial charge in [-0.15, -0.1) is 10.2 Å². The Morgan fingerprint density at radius 1 is 1.21 bits per heavy atom. The standard InChI is InChI=1S/C14H13F5N6O3S/c15-11(16)28-8-3-1-7(2-4-8)10-23-24-13(25(10)20)29-5-9(26)22-12(27)21-6-14(17,18)19/h1-4,11H,5-6,20H2,(H2,21,22,26,27). The van der Waals surface area contributed by atoms with E-state index >= 15 is 0 Å². The summed E-state index contributed by atoms with van der Waals surface area (Å²) in [4.78, 5) is 22.8. The molecule has 2 aromatic rings. The van der Waals surface area contributed by atoms with Gasteiger partial charge >= 0.3 is 18.8 Å². The van der Waals surface area contributed by atoms with Gasteiger partial charge in [-0.2, -0.15) is 22.0 Å². The number of amides is 3. The third-order valence-corrected chi connectivity index (χ3v) is 3.98. The Hall–Kier alpha value is -3.10. The van der Waals surface area contributed by atoms with E-state index < -0.39 is 31.3 Å². The van der Waals surface area contributed by atoms with Crippen LogP contribution in [0.15, 0.2) is 29.4 Å². The van der Waals surface area contributed by atoms with E-state index in [-0.39, 0.29) is 22.5 Å². The number of thioether (sulfide) groups is 1. The number of benzene rings is 1. The molecule has 0 bridgehead atoms. The molecular weight excluding hydrogens is 427 g/mol. The van der Waals surface area contributed by atoms with Gasteiger partial charge in [-0.05, 0) is 24.3 Å². The number of nitrogen functional groups attached to an aromatic ring is 1. The van der Waals surface area contributed by atoms with E-state index in [9.17, 15) is 31.5 Å². The summed E-state index contributed by atoms with van der Waals surface area (Å²) in [5, 5.41) is 10.8. The predicted molar refractivity (Wildman–Crippen MR) is 90.6 cm³/mol. The molecule has 1 aromatic heterocycles. The van der Waals surface area contributed by atoms with Crippen LogP contribution in [0.3, 0.4) is 0 Å². The predicted octanol–water partition coefficient (Wildman–Crippen LogP) is 1.74. The molecule has 0 spiro atoms. The van der Waals surface area contributed by atoms with Gasteiger partial charge in [0.1, 0.15) is 12.3 Å². The highest BCUT2D eigenvalue weighted by atomic mass is 32.2. The number of ether oxygens (including phenoxy) is 1. The number of imide groups is 1. The quantitative estimate of drug-likeness (QED) is 0.340. The molecule has 158 valence electrons. The van der Waals surface area contributed by atoms with Crippen molar-refractivity contribution in [2.45, 2.75) is 17.9 Å². The number of urea groups is 1. The summed E-state index contributed by atoms with van der Waals surface area (Å²) in [7, 11) is 0. The minimum Gasteiger partial charge on any atom is -0.435 e. The summed E-state index contributed by atoms with van der Waals surface area (Å²) in [6.07, 6.45) is -4.61. The number of hydrogen-bond donors (Lipinski definition) is 3. The Morgan fingerprint density at radius 2 is 1.86 bits per heavy atom. The zero-order valence-corrected chi connectivity index (χ0v) is 15.1. The van der Waals surface area contributed by atoms with E-state index in [4.69, 9.17) is 5.84 Å². The fourth-order valence-corrected chi connectivity index (χ4v) is 2.53. The normalized spacial score (nSPS) is 11.4. The average Bonchev–Trinajstić information content (AvgIpc) is 2.98. The van der Waals surface area contributed by atoms with Crippen LogP contribution in [0.4, 0.5) is 26.7 Å². The molecule has 9 nitrogen and oxygen atoms in total. The van der Waals surface area contributed by atoms with Crippen molar-refractivity contribution in [3.05, 3.63) is 24.3 Å². The number of nitrogens with one attached hydrogen (secondary N) is 2. The molecule has 4 N–H and O–H groups in total. The van der Waals surface area contributed by atoms with Crippen molar-refractivity contribution in [2.75, 3.05) is 18.1 Å². The molecule has 0 saturated carbocycles. The van der Waals surface area contributed by atoms with Crippen molar-refractivity contribution < 1.29 is 36.3 Å². The van der Waals surface area contributed by atoms with Crippen LogP contribution in [0, 0.1) is 0 Å². The number of halogens is 5. The lowest BCUT2D eigenvalue weighted by Gasteiger charge is -2.09. The minimum atomic E-state index is -4.61. The van der Waals surface area contributed by atoms with Crippen molar-refractivity contribution in [3.8, 4) is 17.1 Å². The second-order valence-corrected chi connectivity index (χ2v) is 6.16. The van der Waals surface area contributed by atoms with Gasteiger partial charge in [0.2, 0.25) is 11.1 Å². The molecule has 0 aliphatic heterocycles. The number of nitrogens with zero attached hydrogens (tertiary/aromatic N) is 3. The summed E-state index contributed by atoms with van der Waals surface area (Å²) < 4.78 is 65.5. The number of rotatable bonds is 7. The van der Waals surface area contributed by atoms with Gasteiger partial charge in [0.05, 0.1) is 5.75 Å². The highest BCUT2D eigenvalue weighted by Crippen LogP contribution is 2.24. The molecule has 0 radical (unpaired) electrons. The first-order valence-corrected chi connectivity index (χ1v) is 8.56. The van der Waals surface area contributed by atoms with Crippen LogP contribution in [0.2, 0.25) is 0 Å². The van der Waals surface area contributed by atoms with Crippen molar-refractivity contribution >= 4 is 23.7 Å². The van der Waals surface area contributed by atoms with E-state index in [0.717, 1.165) is 16.4 Å². The highest BCUT2D eigenvalue weighted by molar-refractivity contribution is 7.99. The molecule has 0 fully saturated rings. The van der Waals surface area contributed by atoms with Crippen molar-refractivity contribution in [1.29, 1.82) is 0 Å². The third-order valence-electron chi connectivity index (χ3n) is 3.04. The first-order valence-electron chi connectivity index (χ1n) is 7.58. The Labute approximate surface area is 163 Å². The third kappa shape index (κ3) is 7.10. The Morgan fingerprint density at radius 3 is 2.45 bits per heavy atom. The Kier molecular flexibility index (Phi) is 7.19. The van der Waals surface area contributed by atoms with Crippen LogP contribution in [-0.4, -0.2) is 51.9 Å². The Balaban J connectivity index is 1.91. The first-order chi connectivity index (χ1) is 13.5. The molecule has 0 saturated heterocycles. The van der Waals surface area contributed by atoms with Crippen molar-refractivity contribution in [2.24, 2.45) is 0 Å². The molecule has 2 rings (SSSR count). The van der Waals surface area contributed by atoms with Crippen LogP contribution < -0.4 is 21.2 Å². The van der Waals surface area contributed by atoms with Gasteiger partial charge in [-0.1, -0.05) is 11.8 Å². The van der Waals surface area contributed by atoms with E-state index in [1.54, 1.807) is 5.32 Å². The van der Waals surface area contributed by atoms with Gasteiger partial charge in [0.25, 0.3) is 0 Å². The molecule has 0 unspecified atom stereocenters. The number of alkyl halides is 5. The minimum absolute atomic E-state index is 0.0677. The van der Waals surface area contributed by atoms with Crippen LogP contribution >= 0.6 is 11.8 Å². The van der Waals surface area contributed by atoms with Crippen LogP contribution in [0.1, 0.15) is 0 Å². The van der Waals surface area contributed by atoms with Gasteiger partial charge < -0.3 is 15.9 Å². The number of hydrogen-bond acceptors (Lipinski definition) is 7. The van der Waals surface area contributed by atoms with Crippen LogP contribution in [0.5, 0.6) is 5.75 Å². The van der Waals surface area contributed by atoms with Crippen molar-refractivity contribution in [1.82, 2.24) is 25.5 Å². The molecule has 3 amide bonds. The lowest BCUT2D eigenvalue weighted by atomic mass is 10.2. The summed E-state index contributed by atoms with van der Waals surface area (Å²) in [6.45, 7) is -4.55. The smallest absolute Gasteiger partial charge is 0.405 e. The molecular formula is C14H13F5N6O3S. The van der Waals surface area contributed by atoms with E-state index in [1.807, 2.05) is 0 Å². The van der Waals surface area contributed by atoms with Crippen LogP contribution in [-0.2, 0) is 4.79 Å². The largest absolute Gasteiger partial charge is 0.435 e. The second-order valence-electron chi connectivity index (χ2n) is 5.21. The van der Waals surface area contributed by atoms with Gasteiger partial charge in [0, 0.05) is 5.56 Å². The fraction of sp³-hybridized carbons (Fsp3) is 0.286. The fourth-order valence-electron chi connectivity index (χ4n) is 1.88. The molecule has 0 aliphatic rings. The molecule has 0 aliphatic carbocycles. The second kappa shape index (κ2) is 9.40. The van der Waals surface area contributed by atoms with Crippen molar-refractivity contribution in [3.63, 3.8) is 0 Å². The SMILES string of the molecule is Nn1c(SCC(=O)NC(=O)NCC(F)(F)F)nnc1-c1ccc(OC(F)F)cc1. The summed E-state index contributed by atoms with van der Waals surface area (Å²) in [5.74, 6) is 4.64. The number of aromatic nitrogens is 3. The van der Waals surface area contributed by atoms with Gasteiger partial charge in [0.15, 0.2) is 5.82 Å². The highest BCUT2D eigenvalue weighted by Gasteiger charge is 2.28. The first kappa shape index (κ1) is 22.2. The number of carbonyl (C=O) groups excluding carboxylic acids is 2. The lowest BCUT2D eigenvalue weighted by molar-refractivity contribution is -0.124. The van der Waals surface area contributed by atoms with E-state index in [0.29, 0.717) is 5.56 Å². The number of nitrogens with two attached hydrogens (primary N) is 1. The summed E-state index contributed by atoms with van der Waals surface area (Å²) >= 11 is 0.774. The monoisotopic (exact) mass is 440 g/mol. The summed E-state index contributed by atoms with van der Waals surface area (Å²) in [6, 6.07) is 4.08. The topological polar surface area (TPSA) is 124 Å². The molecule has 1 aromatic carbocycles. The van der Waals surface area contributed by atoms with E-state index in [2.05, 4.69) is 14.9 Å². The maximum Gasteiger partial charge on any atom is 0.405 e. The maximum atomic E-state index is 12.2. The zero-order valence-electron chi connectivity index (χ0n) is 14.2. The van der Waals surface area contributed by atoms with Crippen LogP contribution in [0.25, 0.3) is 11.4 Å². The summed E-state index contributed by atoms with van der Waals surface area (Å²) in [5.41, 5.74) is 0.421. The molecule has 0 atom stereocenters. The van der Waals surface area contributed by atoms with Gasteiger partial charge in [-0.25, -0.2) is 9.47 Å². The molecule has 29 heavy (non-hydrogen) atoms. The van der Waals surface area contributed by atoms with E-state index in [1.165, 1.54) is 29.6 Å². The zero-order chi connectivity index (χ0) is 21.6. The average molecular weight is 440 g/mol. The Bertz CT molecular complexity index is 858. The molecule has 1 heterocycles.